The molecule has 4 aromatic carbocycles. The molecule has 3 N–H and O–H groups in total. The fourth-order valence-corrected chi connectivity index (χ4v) is 15.2. The predicted molar refractivity (Wildman–Crippen MR) is 436 cm³/mol. The van der Waals surface area contributed by atoms with Crippen LogP contribution in [0.25, 0.3) is 16.6 Å². The van der Waals surface area contributed by atoms with Gasteiger partial charge in [-0.2, -0.15) is 0 Å². The highest BCUT2D eigenvalue weighted by atomic mass is 79.9. The number of rotatable bonds is 15. The lowest BCUT2D eigenvalue weighted by Crippen LogP contribution is -2.51. The number of likely N-dealkylation sites (tertiary alicyclic amines) is 4. The Morgan fingerprint density at radius 1 is 0.426 bits per heavy atom. The second-order valence-corrected chi connectivity index (χ2v) is 29.3. The van der Waals surface area contributed by atoms with Gasteiger partial charge in [0.1, 0.15) is 65.6 Å². The number of amides is 5. The minimum absolute atomic E-state index is 0.0728. The first-order valence-corrected chi connectivity index (χ1v) is 40.1. The van der Waals surface area contributed by atoms with Gasteiger partial charge in [0.2, 0.25) is 5.91 Å². The van der Waals surface area contributed by atoms with Crippen molar-refractivity contribution in [1.82, 2.24) is 88.0 Å². The van der Waals surface area contributed by atoms with E-state index in [1.54, 1.807) is 35.9 Å². The Bertz CT molecular complexity index is 5040. The quantitative estimate of drug-likeness (QED) is 0.0901. The van der Waals surface area contributed by atoms with Crippen molar-refractivity contribution < 1.29 is 42.9 Å². The van der Waals surface area contributed by atoms with Crippen molar-refractivity contribution in [3.8, 4) is 0 Å². The normalized spacial score (nSPS) is 16.6. The number of piperidine rings is 4. The zero-order chi connectivity index (χ0) is 80.4. The fraction of sp³-hybridized carbons (Fsp3) is 0.337. The van der Waals surface area contributed by atoms with Gasteiger partial charge in [0, 0.05) is 94.7 Å². The lowest BCUT2D eigenvalue weighted by molar-refractivity contribution is -0.127. The Morgan fingerprint density at radius 2 is 0.800 bits per heavy atom. The van der Waals surface area contributed by atoms with E-state index in [-0.39, 0.29) is 80.4 Å². The molecule has 12 aromatic rings. The molecule has 5 amide bonds. The number of nitrogens with zero attached hydrogens (tertiary/aromatic N) is 17. The largest absolute Gasteiger partial charge is 0.445 e. The molecule has 0 radical (unpaired) electrons. The van der Waals surface area contributed by atoms with Crippen LogP contribution < -0.4 is 11.1 Å². The summed E-state index contributed by atoms with van der Waals surface area (Å²) >= 11 is 21.2. The van der Waals surface area contributed by atoms with Crippen molar-refractivity contribution in [1.29, 1.82) is 0 Å². The van der Waals surface area contributed by atoms with Gasteiger partial charge in [-0.25, -0.2) is 49.1 Å². The molecule has 8 aromatic heterocycles. The Hall–Kier alpha value is -11.2. The highest BCUT2D eigenvalue weighted by Crippen LogP contribution is 2.37. The maximum atomic E-state index is 12.8. The number of nitrogens with two attached hydrogens (primary N) is 1. The Morgan fingerprint density at radius 3 is 1.25 bits per heavy atom. The van der Waals surface area contributed by atoms with Crippen LogP contribution in [0, 0.1) is 13.8 Å². The molecular weight excluding hydrogens is 1590 g/mol. The van der Waals surface area contributed by atoms with Gasteiger partial charge in [-0.1, -0.05) is 156 Å². The zero-order valence-electron chi connectivity index (χ0n) is 63.7. The van der Waals surface area contributed by atoms with Gasteiger partial charge in [0.25, 0.3) is 0 Å². The molecule has 12 heterocycles. The van der Waals surface area contributed by atoms with Gasteiger partial charge in [-0.05, 0) is 129 Å². The number of fused-ring (bicyclic) bond motifs is 3. The number of carbonyl (C=O) groups is 5. The molecule has 0 spiro atoms. The van der Waals surface area contributed by atoms with E-state index in [1.807, 2.05) is 183 Å². The van der Waals surface area contributed by atoms with Gasteiger partial charge in [0.05, 0.1) is 65.4 Å². The molecule has 32 heteroatoms. The Balaban J connectivity index is 0.000000136. The molecule has 598 valence electrons. The van der Waals surface area contributed by atoms with Crippen LogP contribution in [0.1, 0.15) is 158 Å². The topological polar surface area (TPSA) is 315 Å². The molecule has 4 aliphatic rings. The van der Waals surface area contributed by atoms with E-state index in [9.17, 15) is 24.0 Å². The number of imidazole rings is 3. The van der Waals surface area contributed by atoms with Gasteiger partial charge in [0.15, 0.2) is 15.5 Å². The van der Waals surface area contributed by atoms with Crippen LogP contribution in [0.4, 0.5) is 19.2 Å². The van der Waals surface area contributed by atoms with Crippen LogP contribution in [0.2, 0.25) is 15.5 Å². The predicted octanol–water partition coefficient (Wildman–Crippen LogP) is 16.3. The summed E-state index contributed by atoms with van der Waals surface area (Å²) in [6.07, 6.45) is 30.1. The monoisotopic (exact) mass is 1680 g/mol. The lowest BCUT2D eigenvalue weighted by Gasteiger charge is -2.34. The van der Waals surface area contributed by atoms with Crippen LogP contribution in [0.5, 0.6) is 0 Å². The molecule has 0 bridgehead atoms. The van der Waals surface area contributed by atoms with Crippen LogP contribution in [-0.4, -0.2) is 145 Å². The number of benzene rings is 4. The van der Waals surface area contributed by atoms with Gasteiger partial charge in [-0.3, -0.25) is 57.5 Å². The van der Waals surface area contributed by atoms with Gasteiger partial charge < -0.3 is 30.0 Å². The second-order valence-electron chi connectivity index (χ2n) is 27.5. The summed E-state index contributed by atoms with van der Waals surface area (Å²) in [4.78, 5) is 113. The molecule has 0 aliphatic carbocycles. The number of ether oxygens (including phenoxy) is 4. The molecule has 0 saturated carbocycles. The molecule has 4 atom stereocenters. The molecule has 0 unspecified atom stereocenters. The molecule has 4 fully saturated rings. The van der Waals surface area contributed by atoms with E-state index in [1.165, 1.54) is 23.5 Å². The van der Waals surface area contributed by atoms with Crippen LogP contribution in [0.15, 0.2) is 200 Å². The minimum Gasteiger partial charge on any atom is -0.445 e. The van der Waals surface area contributed by atoms with E-state index in [4.69, 9.17) is 64.5 Å². The number of hydrogen-bond acceptors (Lipinski definition) is 20. The molecular formula is C83H89BrCl3N19O9. The number of hydrogen-bond donors (Lipinski definition) is 2. The first-order chi connectivity index (χ1) is 56.1. The van der Waals surface area contributed by atoms with Crippen molar-refractivity contribution in [3.05, 3.63) is 278 Å². The van der Waals surface area contributed by atoms with Crippen molar-refractivity contribution in [2.24, 2.45) is 5.73 Å². The number of nitrogens with one attached hydrogen (secondary N) is 1. The van der Waals surface area contributed by atoms with E-state index in [2.05, 4.69) is 66.1 Å². The zero-order valence-corrected chi connectivity index (χ0v) is 67.6. The van der Waals surface area contributed by atoms with Crippen LogP contribution in [-0.2, 0) is 63.3 Å². The summed E-state index contributed by atoms with van der Waals surface area (Å²) in [5, 5.41) is 3.84. The molecule has 4 saturated heterocycles. The number of carbonyl (C=O) groups excluding carboxylic acids is 5. The van der Waals surface area contributed by atoms with E-state index in [0.29, 0.717) is 60.8 Å². The smallest absolute Gasteiger partial charge is 0.410 e. The Labute approximate surface area is 688 Å². The average Bonchev–Trinajstić information content (AvgIpc) is 1.62. The second kappa shape index (κ2) is 41.7. The van der Waals surface area contributed by atoms with Crippen LogP contribution >= 0.6 is 50.7 Å². The van der Waals surface area contributed by atoms with Crippen molar-refractivity contribution in [2.45, 2.75) is 155 Å². The molecule has 4 aliphatic heterocycles. The van der Waals surface area contributed by atoms with Crippen molar-refractivity contribution in [3.63, 3.8) is 0 Å². The summed E-state index contributed by atoms with van der Waals surface area (Å²) in [6.45, 7) is 7.95. The van der Waals surface area contributed by atoms with Gasteiger partial charge >= 0.3 is 24.4 Å². The number of aromatic nitrogens is 13. The Kier molecular flexibility index (Phi) is 30.2. The van der Waals surface area contributed by atoms with Crippen molar-refractivity contribution in [2.75, 3.05) is 26.2 Å². The SMILES string of the molecule is Cc1nccn2c([C@@H]3CCCCN3C(=O)OCc3ccccc3)nc(Br)c12.Cc1nccn2c([C@@H]3CCCCN3C(=O)OCc3ccccc3)ncc12.NCc1nccnc1Cl.O=C(NCc1nccnc1Cl)[C@@H]1CCCCN1C(=O)OCc1ccccc1.O=C(OCc1ccccc1)N1CCCC[C@H]1c1ncc2c(Cl)nccn12. The summed E-state index contributed by atoms with van der Waals surface area (Å²) in [5.74, 6) is 2.27. The van der Waals surface area contributed by atoms with Crippen molar-refractivity contribution >= 4 is 97.6 Å². The van der Waals surface area contributed by atoms with E-state index >= 15 is 0 Å². The maximum Gasteiger partial charge on any atom is 0.410 e. The molecule has 28 nitrogen and oxygen atoms in total. The fourth-order valence-electron chi connectivity index (χ4n) is 14.0. The first-order valence-electron chi connectivity index (χ1n) is 38.1. The highest BCUT2D eigenvalue weighted by molar-refractivity contribution is 9.10. The summed E-state index contributed by atoms with van der Waals surface area (Å²) in [7, 11) is 0. The first kappa shape index (κ1) is 83.2. The van der Waals surface area contributed by atoms with E-state index in [0.717, 1.165) is 143 Å². The number of halogens is 4. The summed E-state index contributed by atoms with van der Waals surface area (Å²) < 4.78 is 28.8. The lowest BCUT2D eigenvalue weighted by atomic mass is 10.0. The molecule has 16 rings (SSSR count). The average molecular weight is 1680 g/mol. The summed E-state index contributed by atoms with van der Waals surface area (Å²) in [6, 6.07) is 37.8. The maximum absolute atomic E-state index is 12.8. The third-order valence-electron chi connectivity index (χ3n) is 19.9. The van der Waals surface area contributed by atoms with Gasteiger partial charge in [-0.15, -0.1) is 0 Å². The number of aryl methyl sites for hydroxylation is 2. The third kappa shape index (κ3) is 22.0. The standard InChI is InChI=1S/C20H21BrN4O2.C20H22N4O2.C19H21ClN4O3.C19H19ClN4O2.C5H6ClN3/c1-14-17-18(21)23-19(25(17)12-10-22-14)16-9-5-6-11-24(16)20(26)27-13-15-7-3-2-4-8-15;1-15-18-13-22-19(23(18)12-10-21-15)17-9-5-6-11-24(17)20(25)26-14-16-7-3-2-4-8-16;20-17-15(21-9-10-22-17)12-23-18(25)16-8-4-5-11-24(16)19(26)27-13-14-6-2-1-3-7-14;20-17-16-12-22-18(23(16)11-9-21-17)15-8-4-5-10-24(15)19(25)26-13-14-6-2-1-3-7-14;6-5-4(3-7)8-1-2-9-5/h2-4,7-8,10,12,16H,5-6,9,11,13H2,1H3;2-4,7-8,10,12-13,17H,5-6,9,11,14H2,1H3;1-3,6-7,9-10,16H,4-5,8,11-13H2,(H,23,25);1-3,6-7,9,11-12,15H,4-5,8,10,13H2;1-2H,3,7H2/t16-;17-;16-;15-;/m0000./s1. The highest BCUT2D eigenvalue weighted by Gasteiger charge is 2.37. The van der Waals surface area contributed by atoms with Crippen LogP contribution in [0.3, 0.4) is 0 Å². The minimum atomic E-state index is -0.558. The summed E-state index contributed by atoms with van der Waals surface area (Å²) in [5.41, 5.74) is 14.7. The molecule has 115 heavy (non-hydrogen) atoms. The third-order valence-corrected chi connectivity index (χ3v) is 21.4. The van der Waals surface area contributed by atoms with E-state index < -0.39 is 12.1 Å².